The number of amides is 1. The minimum atomic E-state index is -1.32. The summed E-state index contributed by atoms with van der Waals surface area (Å²) in [6.45, 7) is 0.630. The molecule has 0 aromatic heterocycles. The summed E-state index contributed by atoms with van der Waals surface area (Å²) in [5.74, 6) is -1.78. The number of carbonyl (C=O) groups excluding carboxylic acids is 2. The van der Waals surface area contributed by atoms with E-state index in [0.29, 0.717) is 18.0 Å². The number of Topliss-reactive ketones (excluding diaryl/α,β-unsaturated/α-hetero) is 1. The van der Waals surface area contributed by atoms with E-state index >= 15 is 0 Å². The van der Waals surface area contributed by atoms with Crippen molar-refractivity contribution in [1.29, 1.82) is 5.26 Å². The highest BCUT2D eigenvalue weighted by Crippen LogP contribution is 2.20. The highest BCUT2D eigenvalue weighted by molar-refractivity contribution is 6.09. The van der Waals surface area contributed by atoms with E-state index in [2.05, 4.69) is 5.32 Å². The quantitative estimate of drug-likeness (QED) is 0.811. The zero-order chi connectivity index (χ0) is 15.9. The average molecular weight is 302 g/mol. The first kappa shape index (κ1) is 16.0. The van der Waals surface area contributed by atoms with Gasteiger partial charge in [-0.05, 0) is 25.0 Å². The summed E-state index contributed by atoms with van der Waals surface area (Å²) in [7, 11) is 1.52. The Labute approximate surface area is 129 Å². The standard InChI is InChI=1S/C16H18N2O4/c1-21-12-5-2-4-11(8-12)18-16(20)14(10-17)15(19)9-13-6-3-7-22-13/h2,4-5,8,13-14H,3,6-7,9H2,1H3,(H,18,20)/t13-,14-/m0/s1. The fourth-order valence-electron chi connectivity index (χ4n) is 2.34. The van der Waals surface area contributed by atoms with Crippen LogP contribution < -0.4 is 10.1 Å². The molecule has 1 saturated heterocycles. The molecule has 0 bridgehead atoms. The summed E-state index contributed by atoms with van der Waals surface area (Å²) in [4.78, 5) is 24.2. The first-order valence-electron chi connectivity index (χ1n) is 7.13. The minimum absolute atomic E-state index is 0.101. The first-order chi connectivity index (χ1) is 10.6. The summed E-state index contributed by atoms with van der Waals surface area (Å²) < 4.78 is 10.4. The minimum Gasteiger partial charge on any atom is -0.497 e. The van der Waals surface area contributed by atoms with Gasteiger partial charge in [-0.15, -0.1) is 0 Å². The van der Waals surface area contributed by atoms with Crippen molar-refractivity contribution < 1.29 is 19.1 Å². The fourth-order valence-corrected chi connectivity index (χ4v) is 2.34. The normalized spacial score (nSPS) is 18.3. The van der Waals surface area contributed by atoms with Gasteiger partial charge in [-0.25, -0.2) is 0 Å². The molecule has 1 heterocycles. The SMILES string of the molecule is COc1cccc(NC(=O)[C@@H](C#N)C(=O)C[C@@H]2CCCO2)c1. The largest absolute Gasteiger partial charge is 0.497 e. The van der Waals surface area contributed by atoms with Crippen LogP contribution in [0.2, 0.25) is 0 Å². The number of benzene rings is 1. The lowest BCUT2D eigenvalue weighted by Gasteiger charge is -2.12. The molecule has 0 radical (unpaired) electrons. The van der Waals surface area contributed by atoms with Crippen molar-refractivity contribution in [1.82, 2.24) is 0 Å². The summed E-state index contributed by atoms with van der Waals surface area (Å²) in [5, 5.41) is 11.7. The lowest BCUT2D eigenvalue weighted by Crippen LogP contribution is -2.30. The van der Waals surface area contributed by atoms with Gasteiger partial charge in [-0.3, -0.25) is 9.59 Å². The molecule has 1 aliphatic rings. The third-order valence-electron chi connectivity index (χ3n) is 3.50. The van der Waals surface area contributed by atoms with Crippen LogP contribution >= 0.6 is 0 Å². The van der Waals surface area contributed by atoms with Crippen molar-refractivity contribution in [3.8, 4) is 11.8 Å². The van der Waals surface area contributed by atoms with Crippen LogP contribution in [0.5, 0.6) is 5.75 Å². The number of nitrogens with zero attached hydrogens (tertiary/aromatic N) is 1. The Hall–Kier alpha value is -2.39. The maximum Gasteiger partial charge on any atom is 0.249 e. The summed E-state index contributed by atoms with van der Waals surface area (Å²) in [6, 6.07) is 8.51. The van der Waals surface area contributed by atoms with Crippen molar-refractivity contribution in [2.75, 3.05) is 19.0 Å². The molecule has 0 aliphatic carbocycles. The van der Waals surface area contributed by atoms with E-state index in [0.717, 1.165) is 12.8 Å². The van der Waals surface area contributed by atoms with Crippen LogP contribution in [0.3, 0.4) is 0 Å². The van der Waals surface area contributed by atoms with Gasteiger partial charge < -0.3 is 14.8 Å². The Morgan fingerprint density at radius 1 is 1.55 bits per heavy atom. The van der Waals surface area contributed by atoms with Gasteiger partial charge in [0.25, 0.3) is 0 Å². The van der Waals surface area contributed by atoms with Crippen molar-refractivity contribution in [2.24, 2.45) is 5.92 Å². The second-order valence-electron chi connectivity index (χ2n) is 5.09. The molecule has 1 aromatic rings. The Morgan fingerprint density at radius 2 is 2.36 bits per heavy atom. The monoisotopic (exact) mass is 302 g/mol. The molecular weight excluding hydrogens is 284 g/mol. The molecule has 1 aromatic carbocycles. The molecular formula is C16H18N2O4. The molecule has 1 fully saturated rings. The van der Waals surface area contributed by atoms with E-state index in [1.54, 1.807) is 30.3 Å². The zero-order valence-electron chi connectivity index (χ0n) is 12.4. The molecule has 2 rings (SSSR count). The zero-order valence-corrected chi connectivity index (χ0v) is 12.4. The highest BCUT2D eigenvalue weighted by atomic mass is 16.5. The molecule has 1 N–H and O–H groups in total. The number of nitriles is 1. The molecule has 0 saturated carbocycles. The van der Waals surface area contributed by atoms with E-state index in [1.807, 2.05) is 0 Å². The van der Waals surface area contributed by atoms with Crippen molar-refractivity contribution in [3.05, 3.63) is 24.3 Å². The van der Waals surface area contributed by atoms with Gasteiger partial charge in [0.1, 0.15) is 5.75 Å². The first-order valence-corrected chi connectivity index (χ1v) is 7.13. The lowest BCUT2D eigenvalue weighted by atomic mass is 9.98. The van der Waals surface area contributed by atoms with E-state index in [1.165, 1.54) is 7.11 Å². The highest BCUT2D eigenvalue weighted by Gasteiger charge is 2.30. The molecule has 6 nitrogen and oxygen atoms in total. The third-order valence-corrected chi connectivity index (χ3v) is 3.50. The molecule has 6 heteroatoms. The maximum atomic E-state index is 12.1. The van der Waals surface area contributed by atoms with Gasteiger partial charge in [-0.2, -0.15) is 5.26 Å². The van der Waals surface area contributed by atoms with Gasteiger partial charge in [0.15, 0.2) is 11.7 Å². The maximum absolute atomic E-state index is 12.1. The number of ether oxygens (including phenoxy) is 2. The number of hydrogen-bond donors (Lipinski definition) is 1. The van der Waals surface area contributed by atoms with E-state index in [-0.39, 0.29) is 12.5 Å². The number of ketones is 1. The Bertz CT molecular complexity index is 588. The number of methoxy groups -OCH3 is 1. The van der Waals surface area contributed by atoms with Gasteiger partial charge in [0.05, 0.1) is 19.3 Å². The third kappa shape index (κ3) is 4.06. The van der Waals surface area contributed by atoms with Gasteiger partial charge in [0.2, 0.25) is 5.91 Å². The summed E-state index contributed by atoms with van der Waals surface area (Å²) in [6.07, 6.45) is 1.63. The molecule has 22 heavy (non-hydrogen) atoms. The van der Waals surface area contributed by atoms with Gasteiger partial charge in [0, 0.05) is 24.8 Å². The second kappa shape index (κ2) is 7.57. The number of anilines is 1. The topological polar surface area (TPSA) is 88.4 Å². The predicted molar refractivity (Wildman–Crippen MR) is 79.3 cm³/mol. The molecule has 1 amide bonds. The Kier molecular flexibility index (Phi) is 5.50. The number of carbonyl (C=O) groups is 2. The molecule has 2 atom stereocenters. The van der Waals surface area contributed by atoms with E-state index < -0.39 is 17.6 Å². The number of hydrogen-bond acceptors (Lipinski definition) is 5. The average Bonchev–Trinajstić information content (AvgIpc) is 3.01. The number of nitrogens with one attached hydrogen (secondary N) is 1. The smallest absolute Gasteiger partial charge is 0.249 e. The second-order valence-corrected chi connectivity index (χ2v) is 5.09. The van der Waals surface area contributed by atoms with Crippen LogP contribution in [-0.4, -0.2) is 31.5 Å². The lowest BCUT2D eigenvalue weighted by molar-refractivity contribution is -0.130. The Balaban J connectivity index is 1.98. The summed E-state index contributed by atoms with van der Waals surface area (Å²) >= 11 is 0. The van der Waals surface area contributed by atoms with Crippen molar-refractivity contribution in [3.63, 3.8) is 0 Å². The van der Waals surface area contributed by atoms with E-state index in [4.69, 9.17) is 14.7 Å². The van der Waals surface area contributed by atoms with Gasteiger partial charge in [-0.1, -0.05) is 6.07 Å². The molecule has 0 unspecified atom stereocenters. The molecule has 0 spiro atoms. The van der Waals surface area contributed by atoms with E-state index in [9.17, 15) is 9.59 Å². The van der Waals surface area contributed by atoms with Crippen LogP contribution in [0.4, 0.5) is 5.69 Å². The van der Waals surface area contributed by atoms with Crippen LogP contribution in [0.25, 0.3) is 0 Å². The van der Waals surface area contributed by atoms with Gasteiger partial charge >= 0.3 is 0 Å². The molecule has 116 valence electrons. The van der Waals surface area contributed by atoms with Crippen molar-refractivity contribution in [2.45, 2.75) is 25.4 Å². The van der Waals surface area contributed by atoms with Crippen LogP contribution in [-0.2, 0) is 14.3 Å². The van der Waals surface area contributed by atoms with Crippen LogP contribution in [0, 0.1) is 17.2 Å². The van der Waals surface area contributed by atoms with Crippen molar-refractivity contribution >= 4 is 17.4 Å². The number of rotatable bonds is 6. The predicted octanol–water partition coefficient (Wildman–Crippen LogP) is 1.91. The van der Waals surface area contributed by atoms with Crippen LogP contribution in [0.1, 0.15) is 19.3 Å². The fraction of sp³-hybridized carbons (Fsp3) is 0.438. The Morgan fingerprint density at radius 3 is 3.00 bits per heavy atom. The molecule has 1 aliphatic heterocycles. The van der Waals surface area contributed by atoms with Crippen LogP contribution in [0.15, 0.2) is 24.3 Å². The summed E-state index contributed by atoms with van der Waals surface area (Å²) in [5.41, 5.74) is 0.481.